The third-order valence-electron chi connectivity index (χ3n) is 3.07. The average Bonchev–Trinajstić information content (AvgIpc) is 2.45. The highest BCUT2D eigenvalue weighted by molar-refractivity contribution is 5.96. The van der Waals surface area contributed by atoms with Gasteiger partial charge in [0.1, 0.15) is 0 Å². The number of allylic oxidation sites excluding steroid dienone is 1. The lowest BCUT2D eigenvalue weighted by Crippen LogP contribution is -2.40. The van der Waals surface area contributed by atoms with Gasteiger partial charge in [0.2, 0.25) is 0 Å². The molecule has 17 heavy (non-hydrogen) atoms. The van der Waals surface area contributed by atoms with Crippen molar-refractivity contribution in [3.05, 3.63) is 24.3 Å². The molecule has 4 heteroatoms. The first-order chi connectivity index (χ1) is 8.10. The Balaban J connectivity index is 2.83. The lowest BCUT2D eigenvalue weighted by atomic mass is 10.1. The van der Waals surface area contributed by atoms with Gasteiger partial charge in [-0.3, -0.25) is 9.59 Å². The Hall–Kier alpha value is -1.58. The fourth-order valence-corrected chi connectivity index (χ4v) is 2.10. The van der Waals surface area contributed by atoms with Gasteiger partial charge in [-0.2, -0.15) is 0 Å². The fraction of sp³-hybridized carbons (Fsp3) is 0.538. The Morgan fingerprint density at radius 3 is 2.94 bits per heavy atom. The van der Waals surface area contributed by atoms with Gasteiger partial charge in [0, 0.05) is 18.2 Å². The third kappa shape index (κ3) is 3.44. The molecule has 0 aliphatic carbocycles. The Morgan fingerprint density at radius 2 is 2.41 bits per heavy atom. The maximum absolute atomic E-state index is 12.2. The Labute approximate surface area is 102 Å². The van der Waals surface area contributed by atoms with Crippen molar-refractivity contribution in [2.75, 3.05) is 6.54 Å². The minimum Gasteiger partial charge on any atom is -0.481 e. The van der Waals surface area contributed by atoms with E-state index in [0.717, 1.165) is 19.3 Å². The second kappa shape index (κ2) is 6.23. The Morgan fingerprint density at radius 1 is 1.71 bits per heavy atom. The van der Waals surface area contributed by atoms with Gasteiger partial charge in [-0.25, -0.2) is 0 Å². The molecule has 1 unspecified atom stereocenters. The molecule has 0 saturated heterocycles. The molecule has 0 saturated carbocycles. The summed E-state index contributed by atoms with van der Waals surface area (Å²) in [5.74, 6) is -0.966. The zero-order valence-corrected chi connectivity index (χ0v) is 10.2. The van der Waals surface area contributed by atoms with Crippen LogP contribution in [0, 0.1) is 0 Å². The molecule has 4 nitrogen and oxygen atoms in total. The highest BCUT2D eigenvalue weighted by Gasteiger charge is 2.26. The molecule has 1 aliphatic rings. The second-order valence-electron chi connectivity index (χ2n) is 4.15. The first-order valence-corrected chi connectivity index (χ1v) is 5.95. The molecule has 1 N–H and O–H groups in total. The summed E-state index contributed by atoms with van der Waals surface area (Å²) in [5, 5.41) is 8.71. The molecule has 0 radical (unpaired) electrons. The van der Waals surface area contributed by atoms with E-state index in [4.69, 9.17) is 5.11 Å². The van der Waals surface area contributed by atoms with E-state index in [2.05, 4.69) is 6.58 Å². The zero-order valence-electron chi connectivity index (χ0n) is 10.2. The van der Waals surface area contributed by atoms with E-state index in [1.807, 2.05) is 13.0 Å². The van der Waals surface area contributed by atoms with Gasteiger partial charge in [0.15, 0.2) is 0 Å². The van der Waals surface area contributed by atoms with E-state index in [-0.39, 0.29) is 24.9 Å². The van der Waals surface area contributed by atoms with Crippen molar-refractivity contribution in [2.45, 2.75) is 38.6 Å². The summed E-state index contributed by atoms with van der Waals surface area (Å²) in [7, 11) is 0. The summed E-state index contributed by atoms with van der Waals surface area (Å²) in [6.07, 6.45) is 6.01. The van der Waals surface area contributed by atoms with Gasteiger partial charge < -0.3 is 10.0 Å². The molecule has 0 bridgehead atoms. The SMILES string of the molecule is C=CC1=CCCC(CC)N(CCC(=O)O)C1=O. The van der Waals surface area contributed by atoms with Gasteiger partial charge in [0.25, 0.3) is 5.91 Å². The van der Waals surface area contributed by atoms with Crippen LogP contribution in [0.2, 0.25) is 0 Å². The standard InChI is InChI=1S/C13H19NO3/c1-3-10-6-5-7-11(4-2)14(13(10)17)9-8-12(15)16/h3,6,11H,1,4-5,7-9H2,2H3,(H,15,16). The van der Waals surface area contributed by atoms with Crippen LogP contribution in [0.25, 0.3) is 0 Å². The molecule has 1 rings (SSSR count). The first-order valence-electron chi connectivity index (χ1n) is 5.95. The van der Waals surface area contributed by atoms with E-state index in [0.29, 0.717) is 5.57 Å². The van der Waals surface area contributed by atoms with Gasteiger partial charge in [-0.1, -0.05) is 25.7 Å². The predicted molar refractivity (Wildman–Crippen MR) is 65.6 cm³/mol. The molecule has 1 heterocycles. The number of carbonyl (C=O) groups is 2. The van der Waals surface area contributed by atoms with Crippen LogP contribution in [0.4, 0.5) is 0 Å². The van der Waals surface area contributed by atoms with Gasteiger partial charge >= 0.3 is 5.97 Å². The molecule has 1 aliphatic heterocycles. The van der Waals surface area contributed by atoms with E-state index >= 15 is 0 Å². The van der Waals surface area contributed by atoms with Crippen molar-refractivity contribution < 1.29 is 14.7 Å². The largest absolute Gasteiger partial charge is 0.481 e. The number of aliphatic carboxylic acids is 1. The number of nitrogens with zero attached hydrogens (tertiary/aromatic N) is 1. The van der Waals surface area contributed by atoms with Gasteiger partial charge in [-0.15, -0.1) is 0 Å². The quantitative estimate of drug-likeness (QED) is 0.795. The highest BCUT2D eigenvalue weighted by Crippen LogP contribution is 2.20. The summed E-state index contributed by atoms with van der Waals surface area (Å²) < 4.78 is 0. The molecule has 1 amide bonds. The summed E-state index contributed by atoms with van der Waals surface area (Å²) in [6, 6.07) is 0.135. The predicted octanol–water partition coefficient (Wildman–Crippen LogP) is 1.97. The van der Waals surface area contributed by atoms with Crippen molar-refractivity contribution in [2.24, 2.45) is 0 Å². The van der Waals surface area contributed by atoms with E-state index in [1.165, 1.54) is 0 Å². The number of hydrogen-bond acceptors (Lipinski definition) is 2. The number of carboxylic acids is 1. The summed E-state index contributed by atoms with van der Waals surface area (Å²) in [6.45, 7) is 5.92. The van der Waals surface area contributed by atoms with Crippen molar-refractivity contribution in [1.82, 2.24) is 4.90 Å². The van der Waals surface area contributed by atoms with Crippen molar-refractivity contribution in [3.63, 3.8) is 0 Å². The molecule has 0 spiro atoms. The number of rotatable bonds is 5. The molecule has 1 atom stereocenters. The van der Waals surface area contributed by atoms with Crippen molar-refractivity contribution in [3.8, 4) is 0 Å². The van der Waals surface area contributed by atoms with Gasteiger partial charge in [0.05, 0.1) is 6.42 Å². The maximum atomic E-state index is 12.2. The molecule has 0 aromatic carbocycles. The van der Waals surface area contributed by atoms with Crippen LogP contribution < -0.4 is 0 Å². The third-order valence-corrected chi connectivity index (χ3v) is 3.07. The van der Waals surface area contributed by atoms with Crippen LogP contribution in [-0.2, 0) is 9.59 Å². The van der Waals surface area contributed by atoms with Crippen LogP contribution in [0.1, 0.15) is 32.6 Å². The number of amides is 1. The number of carboxylic acid groups (broad SMARTS) is 1. The van der Waals surface area contributed by atoms with Crippen molar-refractivity contribution >= 4 is 11.9 Å². The lowest BCUT2D eigenvalue weighted by molar-refractivity contribution is -0.138. The van der Waals surface area contributed by atoms with E-state index in [9.17, 15) is 9.59 Å². The summed E-state index contributed by atoms with van der Waals surface area (Å²) >= 11 is 0. The smallest absolute Gasteiger partial charge is 0.305 e. The molecule has 0 aromatic rings. The molecular weight excluding hydrogens is 218 g/mol. The van der Waals surface area contributed by atoms with Crippen LogP contribution in [0.5, 0.6) is 0 Å². The fourth-order valence-electron chi connectivity index (χ4n) is 2.10. The second-order valence-corrected chi connectivity index (χ2v) is 4.15. The minimum absolute atomic E-state index is 0.00728. The lowest BCUT2D eigenvalue weighted by Gasteiger charge is -2.29. The molecule has 0 fully saturated rings. The maximum Gasteiger partial charge on any atom is 0.305 e. The average molecular weight is 237 g/mol. The summed E-state index contributed by atoms with van der Waals surface area (Å²) in [5.41, 5.74) is 0.589. The van der Waals surface area contributed by atoms with Crippen molar-refractivity contribution in [1.29, 1.82) is 0 Å². The Bertz CT molecular complexity index is 347. The minimum atomic E-state index is -0.874. The normalized spacial score (nSPS) is 20.8. The van der Waals surface area contributed by atoms with Crippen LogP contribution >= 0.6 is 0 Å². The molecule has 0 aromatic heterocycles. The Kier molecular flexibility index (Phi) is 4.94. The van der Waals surface area contributed by atoms with Crippen LogP contribution in [0.3, 0.4) is 0 Å². The number of hydrogen-bond donors (Lipinski definition) is 1. The summed E-state index contributed by atoms with van der Waals surface area (Å²) in [4.78, 5) is 24.4. The van der Waals surface area contributed by atoms with Crippen LogP contribution in [-0.4, -0.2) is 34.5 Å². The molecular formula is C13H19NO3. The van der Waals surface area contributed by atoms with E-state index < -0.39 is 5.97 Å². The zero-order chi connectivity index (χ0) is 12.8. The van der Waals surface area contributed by atoms with E-state index in [1.54, 1.807) is 11.0 Å². The van der Waals surface area contributed by atoms with Crippen LogP contribution in [0.15, 0.2) is 24.3 Å². The highest BCUT2D eigenvalue weighted by atomic mass is 16.4. The van der Waals surface area contributed by atoms with Gasteiger partial charge in [-0.05, 0) is 19.3 Å². The molecule has 94 valence electrons. The monoisotopic (exact) mass is 237 g/mol. The topological polar surface area (TPSA) is 57.6 Å². The first kappa shape index (κ1) is 13.5. The number of carbonyl (C=O) groups excluding carboxylic acids is 1.